The van der Waals surface area contributed by atoms with Gasteiger partial charge in [-0.2, -0.15) is 0 Å². The van der Waals surface area contributed by atoms with Crippen LogP contribution in [0.5, 0.6) is 0 Å². The molecule has 0 saturated carbocycles. The number of nitrogens with zero attached hydrogens (tertiary/aromatic N) is 4. The van der Waals surface area contributed by atoms with Gasteiger partial charge in [-0.1, -0.05) is 12.1 Å². The second-order valence-corrected chi connectivity index (χ2v) is 6.17. The summed E-state index contributed by atoms with van der Waals surface area (Å²) in [5.74, 6) is 0.484. The van der Waals surface area contributed by atoms with Crippen LogP contribution < -0.4 is 11.1 Å². The molecule has 4 rings (SSSR count). The van der Waals surface area contributed by atoms with Crippen LogP contribution in [0.4, 0.5) is 11.5 Å². The molecule has 0 saturated heterocycles. The molecule has 3 N–H and O–H groups in total. The lowest BCUT2D eigenvalue weighted by atomic mass is 10.1. The number of nitrogens with one attached hydrogen (secondary N) is 1. The second kappa shape index (κ2) is 6.53. The summed E-state index contributed by atoms with van der Waals surface area (Å²) in [6.07, 6.45) is 5.23. The molecule has 0 fully saturated rings. The number of pyridine rings is 1. The molecule has 134 valence electrons. The van der Waals surface area contributed by atoms with E-state index in [0.717, 1.165) is 28.2 Å². The van der Waals surface area contributed by atoms with Crippen LogP contribution in [-0.2, 0) is 0 Å². The number of hydrogen-bond donors (Lipinski definition) is 2. The summed E-state index contributed by atoms with van der Waals surface area (Å²) in [6.45, 7) is 1.44. The van der Waals surface area contributed by atoms with E-state index in [2.05, 4.69) is 26.3 Å². The number of rotatable bonds is 4. The van der Waals surface area contributed by atoms with Gasteiger partial charge in [0.15, 0.2) is 11.6 Å². The number of benzene rings is 1. The Morgan fingerprint density at radius 3 is 2.70 bits per heavy atom. The Kier molecular flexibility index (Phi) is 4.04. The molecule has 0 amide bonds. The van der Waals surface area contributed by atoms with Gasteiger partial charge in [0, 0.05) is 36.3 Å². The quantitative estimate of drug-likeness (QED) is 0.543. The predicted molar refractivity (Wildman–Crippen MR) is 106 cm³/mol. The third kappa shape index (κ3) is 2.99. The first-order chi connectivity index (χ1) is 13.1. The van der Waals surface area contributed by atoms with Gasteiger partial charge in [-0.25, -0.2) is 15.0 Å². The number of anilines is 2. The van der Waals surface area contributed by atoms with E-state index in [-0.39, 0.29) is 11.6 Å². The molecule has 0 atom stereocenters. The Balaban J connectivity index is 1.76. The third-order valence-corrected chi connectivity index (χ3v) is 4.42. The first-order valence-corrected chi connectivity index (χ1v) is 8.46. The molecule has 0 unspecified atom stereocenters. The van der Waals surface area contributed by atoms with Crippen LogP contribution in [0, 0.1) is 0 Å². The predicted octanol–water partition coefficient (Wildman–Crippen LogP) is 3.28. The van der Waals surface area contributed by atoms with Crippen LogP contribution in [0.15, 0.2) is 55.0 Å². The van der Waals surface area contributed by atoms with Gasteiger partial charge >= 0.3 is 0 Å². The average Bonchev–Trinajstić information content (AvgIpc) is 3.11. The zero-order valence-electron chi connectivity index (χ0n) is 15.0. The van der Waals surface area contributed by atoms with E-state index in [4.69, 9.17) is 5.73 Å². The van der Waals surface area contributed by atoms with Gasteiger partial charge in [0.25, 0.3) is 0 Å². The largest absolute Gasteiger partial charge is 0.388 e. The van der Waals surface area contributed by atoms with E-state index in [1.807, 2.05) is 54.2 Å². The lowest BCUT2D eigenvalue weighted by molar-refractivity contribution is 0.101. The highest BCUT2D eigenvalue weighted by Gasteiger charge is 2.12. The molecular formula is C20H18N6O. The fraction of sp³-hybridized carbons (Fsp3) is 0.100. The van der Waals surface area contributed by atoms with E-state index < -0.39 is 0 Å². The summed E-state index contributed by atoms with van der Waals surface area (Å²) < 4.78 is 2.01. The summed E-state index contributed by atoms with van der Waals surface area (Å²) in [4.78, 5) is 24.5. The highest BCUT2D eigenvalue weighted by atomic mass is 16.1. The molecule has 0 aliphatic carbocycles. The minimum atomic E-state index is -0.156. The van der Waals surface area contributed by atoms with Gasteiger partial charge in [0.05, 0.1) is 17.5 Å². The zero-order valence-corrected chi connectivity index (χ0v) is 15.0. The number of carbonyl (C=O) groups is 1. The molecule has 7 nitrogen and oxygen atoms in total. The van der Waals surface area contributed by atoms with Gasteiger partial charge in [-0.3, -0.25) is 9.20 Å². The van der Waals surface area contributed by atoms with Crippen molar-refractivity contribution in [2.75, 3.05) is 18.1 Å². The van der Waals surface area contributed by atoms with Crippen molar-refractivity contribution in [3.8, 4) is 22.6 Å². The molecule has 3 aromatic heterocycles. The van der Waals surface area contributed by atoms with E-state index in [1.54, 1.807) is 0 Å². The van der Waals surface area contributed by atoms with Gasteiger partial charge in [0.1, 0.15) is 11.5 Å². The number of ketones is 1. The maximum absolute atomic E-state index is 11.5. The van der Waals surface area contributed by atoms with Crippen LogP contribution in [0.3, 0.4) is 0 Å². The van der Waals surface area contributed by atoms with E-state index in [9.17, 15) is 4.79 Å². The molecule has 0 radical (unpaired) electrons. The molecule has 3 heterocycles. The van der Waals surface area contributed by atoms with Crippen molar-refractivity contribution in [1.82, 2.24) is 19.4 Å². The molecule has 27 heavy (non-hydrogen) atoms. The third-order valence-electron chi connectivity index (χ3n) is 4.42. The van der Waals surface area contributed by atoms with Crippen LogP contribution in [-0.4, -0.2) is 32.2 Å². The molecule has 0 aliphatic rings. The number of Topliss-reactive ketones (excluding diaryl/α,β-unsaturated/α-hetero) is 1. The van der Waals surface area contributed by atoms with E-state index >= 15 is 0 Å². The highest BCUT2D eigenvalue weighted by molar-refractivity contribution is 5.98. The van der Waals surface area contributed by atoms with Gasteiger partial charge in [0.2, 0.25) is 0 Å². The van der Waals surface area contributed by atoms with Crippen molar-refractivity contribution in [2.45, 2.75) is 6.92 Å². The van der Waals surface area contributed by atoms with E-state index in [0.29, 0.717) is 11.4 Å². The number of hydrogen-bond acceptors (Lipinski definition) is 6. The molecule has 0 aliphatic heterocycles. The normalized spacial score (nSPS) is 10.9. The summed E-state index contributed by atoms with van der Waals surface area (Å²) in [6, 6.07) is 11.9. The zero-order chi connectivity index (χ0) is 19.0. The molecule has 4 aromatic rings. The maximum Gasteiger partial charge on any atom is 0.165 e. The van der Waals surface area contributed by atoms with Crippen LogP contribution >= 0.6 is 0 Å². The second-order valence-electron chi connectivity index (χ2n) is 6.17. The molecular weight excluding hydrogens is 340 g/mol. The standard InChI is InChI=1S/C20H18N6O/c1-12(27)16-10-24-20(25-19(16)21)14-6-7-26-17(11-23-18(26)9-14)13-4-3-5-15(8-13)22-2/h3-11,22H,1-2H3,(H2,21,24,25). The lowest BCUT2D eigenvalue weighted by Gasteiger charge is -2.07. The van der Waals surface area contributed by atoms with Crippen LogP contribution in [0.1, 0.15) is 17.3 Å². The number of nitrogens with two attached hydrogens (primary N) is 1. The first-order valence-electron chi connectivity index (χ1n) is 8.46. The lowest BCUT2D eigenvalue weighted by Crippen LogP contribution is -2.05. The van der Waals surface area contributed by atoms with Crippen molar-refractivity contribution in [2.24, 2.45) is 0 Å². The summed E-state index contributed by atoms with van der Waals surface area (Å²) in [5.41, 5.74) is 10.8. The van der Waals surface area contributed by atoms with Gasteiger partial charge in [-0.05, 0) is 31.2 Å². The first kappa shape index (κ1) is 16.7. The summed E-state index contributed by atoms with van der Waals surface area (Å²) in [7, 11) is 1.89. The molecule has 7 heteroatoms. The minimum absolute atomic E-state index is 0.156. The summed E-state index contributed by atoms with van der Waals surface area (Å²) >= 11 is 0. The Morgan fingerprint density at radius 2 is 1.96 bits per heavy atom. The Hall–Kier alpha value is -3.74. The van der Waals surface area contributed by atoms with Crippen molar-refractivity contribution >= 4 is 22.9 Å². The van der Waals surface area contributed by atoms with Crippen LogP contribution in [0.2, 0.25) is 0 Å². The smallest absolute Gasteiger partial charge is 0.165 e. The van der Waals surface area contributed by atoms with Crippen molar-refractivity contribution in [1.29, 1.82) is 0 Å². The Bertz CT molecular complexity index is 1160. The fourth-order valence-corrected chi connectivity index (χ4v) is 2.97. The monoisotopic (exact) mass is 358 g/mol. The van der Waals surface area contributed by atoms with Gasteiger partial charge < -0.3 is 11.1 Å². The molecule has 0 bridgehead atoms. The average molecular weight is 358 g/mol. The number of fused-ring (bicyclic) bond motifs is 1. The van der Waals surface area contributed by atoms with Crippen molar-refractivity contribution in [3.63, 3.8) is 0 Å². The number of aromatic nitrogens is 4. The van der Waals surface area contributed by atoms with Crippen LogP contribution in [0.25, 0.3) is 28.3 Å². The van der Waals surface area contributed by atoms with E-state index in [1.165, 1.54) is 13.1 Å². The number of imidazole rings is 1. The van der Waals surface area contributed by atoms with Gasteiger partial charge in [-0.15, -0.1) is 0 Å². The Labute approximate surface area is 155 Å². The Morgan fingerprint density at radius 1 is 1.11 bits per heavy atom. The number of carbonyl (C=O) groups excluding carboxylic acids is 1. The van der Waals surface area contributed by atoms with Crippen molar-refractivity contribution < 1.29 is 4.79 Å². The fourth-order valence-electron chi connectivity index (χ4n) is 2.97. The molecule has 0 spiro atoms. The van der Waals surface area contributed by atoms with Crippen molar-refractivity contribution in [3.05, 3.63) is 60.6 Å². The number of nitrogen functional groups attached to an aromatic ring is 1. The topological polar surface area (TPSA) is 98.2 Å². The summed E-state index contributed by atoms with van der Waals surface area (Å²) in [5, 5.41) is 3.14. The maximum atomic E-state index is 11.5. The minimum Gasteiger partial charge on any atom is -0.388 e. The SMILES string of the molecule is CNc1cccc(-c2cnc3cc(-c4ncc(C(C)=O)c(N)n4)ccn23)c1. The highest BCUT2D eigenvalue weighted by Crippen LogP contribution is 2.26. The molecule has 1 aromatic carbocycles.